The molecule has 0 aliphatic carbocycles. The number of terminal acetylenes is 1. The maximum atomic E-state index is 13.5. The van der Waals surface area contributed by atoms with Gasteiger partial charge in [-0.15, -0.1) is 6.42 Å². The van der Waals surface area contributed by atoms with Gasteiger partial charge in [0.05, 0.1) is 11.6 Å². The van der Waals surface area contributed by atoms with Crippen molar-refractivity contribution in [3.05, 3.63) is 40.8 Å². The number of likely N-dealkylation sites (N-methyl/N-ethyl adjacent to an activating group) is 1. The molecule has 3 N–H and O–H groups in total. The molecular formula is C19H19FN4O4S. The number of sulfonamides is 1. The fourth-order valence-electron chi connectivity index (χ4n) is 3.61. The normalized spacial score (nSPS) is 24.1. The van der Waals surface area contributed by atoms with E-state index in [1.165, 1.54) is 12.1 Å². The lowest BCUT2D eigenvalue weighted by molar-refractivity contribution is -0.114. The first-order valence-electron chi connectivity index (χ1n) is 8.78. The van der Waals surface area contributed by atoms with Gasteiger partial charge in [0.2, 0.25) is 10.0 Å². The van der Waals surface area contributed by atoms with E-state index in [9.17, 15) is 22.7 Å². The Bertz CT molecular complexity index is 1070. The van der Waals surface area contributed by atoms with E-state index in [-0.39, 0.29) is 36.3 Å². The Hall–Kier alpha value is -2.92. The zero-order chi connectivity index (χ0) is 21.3. The fourth-order valence-corrected chi connectivity index (χ4v) is 5.47. The monoisotopic (exact) mass is 418 g/mol. The van der Waals surface area contributed by atoms with E-state index in [2.05, 4.69) is 16.0 Å². The highest BCUT2D eigenvalue weighted by molar-refractivity contribution is 7.90. The van der Waals surface area contributed by atoms with Crippen LogP contribution in [0.2, 0.25) is 0 Å². The quantitative estimate of drug-likeness (QED) is 0.606. The van der Waals surface area contributed by atoms with Gasteiger partial charge in [-0.2, -0.15) is 5.26 Å². The number of rotatable bonds is 3. The molecule has 2 aliphatic heterocycles. The van der Waals surface area contributed by atoms with Crippen molar-refractivity contribution in [1.29, 1.82) is 5.26 Å². The lowest BCUT2D eigenvalue weighted by Gasteiger charge is -2.21. The number of benzene rings is 1. The molecule has 0 aromatic heterocycles. The Morgan fingerprint density at radius 1 is 1.52 bits per heavy atom. The predicted octanol–water partition coefficient (Wildman–Crippen LogP) is 0.280. The molecule has 1 saturated heterocycles. The van der Waals surface area contributed by atoms with Crippen LogP contribution in [0.1, 0.15) is 18.4 Å². The van der Waals surface area contributed by atoms with Gasteiger partial charge >= 0.3 is 0 Å². The van der Waals surface area contributed by atoms with Crippen LogP contribution in [0, 0.1) is 29.5 Å². The van der Waals surface area contributed by atoms with E-state index in [4.69, 9.17) is 11.7 Å². The highest BCUT2D eigenvalue weighted by Gasteiger charge is 2.44. The summed E-state index contributed by atoms with van der Waals surface area (Å²) >= 11 is 0. The Morgan fingerprint density at radius 2 is 2.24 bits per heavy atom. The van der Waals surface area contributed by atoms with Gasteiger partial charge in [0.25, 0.3) is 5.91 Å². The number of hydrogen-bond donors (Lipinski definition) is 3. The van der Waals surface area contributed by atoms with Gasteiger partial charge in [-0.1, -0.05) is 5.92 Å². The van der Waals surface area contributed by atoms with Gasteiger partial charge in [-0.25, -0.2) is 17.5 Å². The molecule has 2 aliphatic rings. The van der Waals surface area contributed by atoms with E-state index >= 15 is 0 Å². The second-order valence-corrected chi connectivity index (χ2v) is 8.82. The molecule has 8 nitrogen and oxygen atoms in total. The summed E-state index contributed by atoms with van der Waals surface area (Å²) in [5, 5.41) is 20.4. The summed E-state index contributed by atoms with van der Waals surface area (Å²) < 4.78 is 41.4. The van der Waals surface area contributed by atoms with Crippen LogP contribution in [0.5, 0.6) is 0 Å². The van der Waals surface area contributed by atoms with E-state index < -0.39 is 39.1 Å². The van der Waals surface area contributed by atoms with Crippen LogP contribution in [0.15, 0.2) is 29.5 Å². The number of nitriles is 1. The molecule has 3 rings (SSSR count). The first-order valence-corrected chi connectivity index (χ1v) is 10.3. The van der Waals surface area contributed by atoms with Gasteiger partial charge in [0.15, 0.2) is 0 Å². The zero-order valence-corrected chi connectivity index (χ0v) is 16.3. The van der Waals surface area contributed by atoms with Crippen LogP contribution in [0.25, 0.3) is 0 Å². The Kier molecular flexibility index (Phi) is 5.62. The molecule has 152 valence electrons. The number of nitrogens with one attached hydrogen (secondary N) is 2. The number of aliphatic hydroxyl groups excluding tert-OH is 1. The number of anilines is 1. The van der Waals surface area contributed by atoms with Crippen molar-refractivity contribution < 1.29 is 22.7 Å². The fraction of sp³-hybridized carbons (Fsp3) is 0.368. The number of carbonyl (C=O) groups is 1. The number of aliphatic hydroxyl groups is 1. The first-order chi connectivity index (χ1) is 13.7. The summed E-state index contributed by atoms with van der Waals surface area (Å²) in [5.74, 6) is 0.855. The van der Waals surface area contributed by atoms with E-state index in [0.29, 0.717) is 5.57 Å². The number of halogens is 1. The lowest BCUT2D eigenvalue weighted by atomic mass is 10.00. The van der Waals surface area contributed by atoms with Gasteiger partial charge in [-0.05, 0) is 36.6 Å². The van der Waals surface area contributed by atoms with E-state index in [0.717, 1.165) is 6.07 Å². The maximum absolute atomic E-state index is 13.5. The molecule has 1 fully saturated rings. The van der Waals surface area contributed by atoms with Crippen molar-refractivity contribution >= 4 is 21.6 Å². The van der Waals surface area contributed by atoms with Crippen molar-refractivity contribution in [2.75, 3.05) is 18.9 Å². The molecule has 2 heterocycles. The minimum atomic E-state index is -3.87. The summed E-state index contributed by atoms with van der Waals surface area (Å²) in [6.07, 6.45) is 4.41. The van der Waals surface area contributed by atoms with Crippen molar-refractivity contribution in [1.82, 2.24) is 9.62 Å². The second kappa shape index (κ2) is 7.84. The third-order valence-corrected chi connectivity index (χ3v) is 6.85. The first kappa shape index (κ1) is 20.8. The molecule has 29 heavy (non-hydrogen) atoms. The second-order valence-electron chi connectivity index (χ2n) is 6.92. The largest absolute Gasteiger partial charge is 0.379 e. The lowest BCUT2D eigenvalue weighted by Crippen LogP contribution is -2.45. The Labute approximate surface area is 168 Å². The predicted molar refractivity (Wildman–Crippen MR) is 103 cm³/mol. The van der Waals surface area contributed by atoms with Gasteiger partial charge in [-0.3, -0.25) is 4.79 Å². The molecule has 3 atom stereocenters. The van der Waals surface area contributed by atoms with Gasteiger partial charge in [0, 0.05) is 19.3 Å². The van der Waals surface area contributed by atoms with Crippen molar-refractivity contribution in [2.45, 2.75) is 30.2 Å². The van der Waals surface area contributed by atoms with Crippen molar-refractivity contribution in [3.63, 3.8) is 0 Å². The van der Waals surface area contributed by atoms with Crippen LogP contribution in [-0.2, 0) is 14.8 Å². The number of carbonyl (C=O) groups excluding carboxylic acids is 1. The molecule has 0 radical (unpaired) electrons. The summed E-state index contributed by atoms with van der Waals surface area (Å²) in [6, 6.07) is 4.44. The number of amides is 1. The van der Waals surface area contributed by atoms with Crippen LogP contribution in [-0.4, -0.2) is 55.3 Å². The summed E-state index contributed by atoms with van der Waals surface area (Å²) in [7, 11) is -2.26. The Balaban J connectivity index is 1.94. The maximum Gasteiger partial charge on any atom is 0.271 e. The van der Waals surface area contributed by atoms with Gasteiger partial charge < -0.3 is 15.3 Å². The molecule has 0 bridgehead atoms. The van der Waals surface area contributed by atoms with E-state index in [1.54, 1.807) is 18.0 Å². The average molecular weight is 418 g/mol. The smallest absolute Gasteiger partial charge is 0.271 e. The number of fused-ring (bicyclic) bond motifs is 1. The summed E-state index contributed by atoms with van der Waals surface area (Å²) in [4.78, 5) is 14.4. The zero-order valence-electron chi connectivity index (χ0n) is 15.5. The minimum Gasteiger partial charge on any atom is -0.379 e. The minimum absolute atomic E-state index is 0.0686. The highest BCUT2D eigenvalue weighted by Crippen LogP contribution is 2.34. The molecular weight excluding hydrogens is 399 g/mol. The van der Waals surface area contributed by atoms with Crippen LogP contribution >= 0.6 is 0 Å². The molecule has 10 heteroatoms. The molecule has 0 saturated carbocycles. The van der Waals surface area contributed by atoms with E-state index in [1.807, 2.05) is 0 Å². The SMILES string of the molecule is C#C[C@@H](O)[C@@H]1CCC2=C(C(=O)Nc3ccc(F)c(C#N)c3)N(C)CC2S(=O)(=O)N1. The van der Waals surface area contributed by atoms with Crippen LogP contribution < -0.4 is 10.0 Å². The van der Waals surface area contributed by atoms with Crippen LogP contribution in [0.4, 0.5) is 10.1 Å². The summed E-state index contributed by atoms with van der Waals surface area (Å²) in [6.45, 7) is 0.0686. The average Bonchev–Trinajstić information content (AvgIpc) is 2.96. The Morgan fingerprint density at radius 3 is 2.90 bits per heavy atom. The molecule has 1 unspecified atom stereocenters. The third-order valence-electron chi connectivity index (χ3n) is 5.04. The number of hydrogen-bond acceptors (Lipinski definition) is 6. The molecule has 0 spiro atoms. The van der Waals surface area contributed by atoms with Gasteiger partial charge in [0.1, 0.15) is 28.9 Å². The number of nitrogens with zero attached hydrogens (tertiary/aromatic N) is 2. The van der Waals surface area contributed by atoms with Crippen molar-refractivity contribution in [2.24, 2.45) is 0 Å². The molecule has 1 aromatic carbocycles. The van der Waals surface area contributed by atoms with Crippen molar-refractivity contribution in [3.8, 4) is 18.4 Å². The third kappa shape index (κ3) is 3.96. The highest BCUT2D eigenvalue weighted by atomic mass is 32.2. The standard InChI is InChI=1S/C19H19FN4O4S/c1-3-16(25)15-7-5-13-17(29(27,28)23-15)10-24(2)18(13)19(26)22-12-4-6-14(20)11(8-12)9-21/h1,4,6,8,15-17,23,25H,5,7,10H2,2H3,(H,22,26)/t15-,16+,17?/m0/s1. The van der Waals surface area contributed by atoms with Crippen LogP contribution in [0.3, 0.4) is 0 Å². The molecule has 1 aromatic rings. The molecule has 1 amide bonds. The summed E-state index contributed by atoms with van der Waals surface area (Å²) in [5.41, 5.74) is 0.615. The topological polar surface area (TPSA) is 123 Å².